The van der Waals surface area contributed by atoms with Crippen molar-refractivity contribution in [3.8, 4) is 11.5 Å². The molecule has 5 heteroatoms. The van der Waals surface area contributed by atoms with Crippen molar-refractivity contribution >= 4 is 29.0 Å². The molecule has 0 saturated carbocycles. The number of benzene rings is 2. The molecule has 0 saturated heterocycles. The molecule has 0 amide bonds. The van der Waals surface area contributed by atoms with Crippen molar-refractivity contribution in [2.45, 2.75) is 6.61 Å². The smallest absolute Gasteiger partial charge is 0.337 e. The van der Waals surface area contributed by atoms with E-state index < -0.39 is 5.97 Å². The number of carboxylic acids is 1. The monoisotopic (exact) mass is 366 g/mol. The van der Waals surface area contributed by atoms with Gasteiger partial charge in [-0.05, 0) is 40.8 Å². The molecular formula is C21H18O4S. The van der Waals surface area contributed by atoms with Gasteiger partial charge in [0.2, 0.25) is 0 Å². The van der Waals surface area contributed by atoms with E-state index >= 15 is 0 Å². The number of aliphatic carboxylic acids is 1. The van der Waals surface area contributed by atoms with Gasteiger partial charge in [-0.15, -0.1) is 11.3 Å². The molecule has 2 aromatic carbocycles. The Morgan fingerprint density at radius 3 is 2.54 bits per heavy atom. The Morgan fingerprint density at radius 2 is 1.88 bits per heavy atom. The standard InChI is InChI=1S/C21H18O4S/c1-24-19-13-16(12-17(21(22)23)20-8-5-11-26-20)9-10-18(19)25-14-15-6-3-2-4-7-15/h2-13H,14H2,1H3,(H,22,23)/b17-12+. The fraction of sp³-hybridized carbons (Fsp3) is 0.0952. The van der Waals surface area contributed by atoms with Gasteiger partial charge in [0.25, 0.3) is 0 Å². The maximum Gasteiger partial charge on any atom is 0.337 e. The summed E-state index contributed by atoms with van der Waals surface area (Å²) in [5.41, 5.74) is 2.05. The van der Waals surface area contributed by atoms with Crippen molar-refractivity contribution in [3.05, 3.63) is 82.0 Å². The summed E-state index contributed by atoms with van der Waals surface area (Å²) in [5.74, 6) is 0.211. The molecule has 132 valence electrons. The summed E-state index contributed by atoms with van der Waals surface area (Å²) in [6, 6.07) is 18.9. The van der Waals surface area contributed by atoms with Crippen LogP contribution < -0.4 is 9.47 Å². The third kappa shape index (κ3) is 4.32. The molecule has 1 heterocycles. The summed E-state index contributed by atoms with van der Waals surface area (Å²) in [7, 11) is 1.57. The van der Waals surface area contributed by atoms with E-state index in [0.29, 0.717) is 23.0 Å². The Hall–Kier alpha value is -3.05. The highest BCUT2D eigenvalue weighted by atomic mass is 32.1. The number of ether oxygens (including phenoxy) is 2. The molecule has 3 aromatic rings. The lowest BCUT2D eigenvalue weighted by Crippen LogP contribution is -1.99. The number of hydrogen-bond acceptors (Lipinski definition) is 4. The summed E-state index contributed by atoms with van der Waals surface area (Å²) in [5, 5.41) is 11.3. The van der Waals surface area contributed by atoms with Crippen LogP contribution in [0.5, 0.6) is 11.5 Å². The first-order chi connectivity index (χ1) is 12.7. The first-order valence-corrected chi connectivity index (χ1v) is 8.89. The maximum atomic E-state index is 11.6. The summed E-state index contributed by atoms with van der Waals surface area (Å²) < 4.78 is 11.2. The minimum atomic E-state index is -0.962. The van der Waals surface area contributed by atoms with Gasteiger partial charge in [-0.2, -0.15) is 0 Å². The Bertz CT molecular complexity index is 899. The fourth-order valence-electron chi connectivity index (χ4n) is 2.47. The van der Waals surface area contributed by atoms with E-state index in [1.54, 1.807) is 31.4 Å². The lowest BCUT2D eigenvalue weighted by atomic mass is 10.1. The van der Waals surface area contributed by atoms with Crippen LogP contribution in [0.15, 0.2) is 66.0 Å². The molecule has 1 aromatic heterocycles. The summed E-state index contributed by atoms with van der Waals surface area (Å²) >= 11 is 1.39. The first kappa shape index (κ1) is 17.8. The Morgan fingerprint density at radius 1 is 1.08 bits per heavy atom. The number of thiophene rings is 1. The Kier molecular flexibility index (Phi) is 5.71. The van der Waals surface area contributed by atoms with E-state index in [2.05, 4.69) is 0 Å². The second-order valence-electron chi connectivity index (χ2n) is 5.53. The normalized spacial score (nSPS) is 11.2. The number of hydrogen-bond donors (Lipinski definition) is 1. The molecule has 26 heavy (non-hydrogen) atoms. The van der Waals surface area contributed by atoms with Gasteiger partial charge in [0.05, 0.1) is 12.7 Å². The maximum absolute atomic E-state index is 11.6. The minimum absolute atomic E-state index is 0.250. The second kappa shape index (κ2) is 8.36. The molecule has 0 bridgehead atoms. The molecule has 0 atom stereocenters. The van der Waals surface area contributed by atoms with E-state index in [9.17, 15) is 9.90 Å². The van der Waals surface area contributed by atoms with E-state index in [-0.39, 0.29) is 5.57 Å². The zero-order valence-corrected chi connectivity index (χ0v) is 15.0. The lowest BCUT2D eigenvalue weighted by Gasteiger charge is -2.11. The van der Waals surface area contributed by atoms with E-state index in [1.807, 2.05) is 47.8 Å². The van der Waals surface area contributed by atoms with Crippen LogP contribution in [0.2, 0.25) is 0 Å². The zero-order chi connectivity index (χ0) is 18.4. The molecular weight excluding hydrogens is 348 g/mol. The molecule has 0 fully saturated rings. The zero-order valence-electron chi connectivity index (χ0n) is 14.2. The predicted octanol–water partition coefficient (Wildman–Crippen LogP) is 4.96. The number of rotatable bonds is 7. The number of carbonyl (C=O) groups is 1. The fourth-order valence-corrected chi connectivity index (χ4v) is 3.20. The summed E-state index contributed by atoms with van der Waals surface area (Å²) in [6.45, 7) is 0.432. The molecule has 0 aliphatic rings. The average Bonchev–Trinajstić information content (AvgIpc) is 3.19. The molecule has 0 unspecified atom stereocenters. The average molecular weight is 366 g/mol. The first-order valence-electron chi connectivity index (χ1n) is 8.01. The van der Waals surface area contributed by atoms with Gasteiger partial charge >= 0.3 is 5.97 Å². The van der Waals surface area contributed by atoms with Gasteiger partial charge in [0.1, 0.15) is 6.61 Å². The van der Waals surface area contributed by atoms with E-state index in [4.69, 9.17) is 9.47 Å². The minimum Gasteiger partial charge on any atom is -0.493 e. The molecule has 0 aliphatic heterocycles. The van der Waals surface area contributed by atoms with Crippen molar-refractivity contribution in [1.82, 2.24) is 0 Å². The van der Waals surface area contributed by atoms with Crippen LogP contribution in [0.1, 0.15) is 16.0 Å². The number of methoxy groups -OCH3 is 1. The third-order valence-electron chi connectivity index (χ3n) is 3.75. The highest BCUT2D eigenvalue weighted by Crippen LogP contribution is 2.31. The topological polar surface area (TPSA) is 55.8 Å². The van der Waals surface area contributed by atoms with Gasteiger partial charge in [-0.3, -0.25) is 0 Å². The number of carboxylic acid groups (broad SMARTS) is 1. The van der Waals surface area contributed by atoms with Crippen LogP contribution in [0.4, 0.5) is 0 Å². The van der Waals surface area contributed by atoms with Crippen molar-refractivity contribution in [3.63, 3.8) is 0 Å². The molecule has 0 spiro atoms. The highest BCUT2D eigenvalue weighted by Gasteiger charge is 2.12. The van der Waals surface area contributed by atoms with Crippen molar-refractivity contribution in [1.29, 1.82) is 0 Å². The van der Waals surface area contributed by atoms with Crippen LogP contribution in [0.3, 0.4) is 0 Å². The van der Waals surface area contributed by atoms with Crippen LogP contribution in [-0.4, -0.2) is 18.2 Å². The van der Waals surface area contributed by atoms with E-state index in [0.717, 1.165) is 11.1 Å². The SMILES string of the molecule is COc1cc(/C=C(/C(=O)O)c2cccs2)ccc1OCc1ccccc1. The quantitative estimate of drug-likeness (QED) is 0.601. The van der Waals surface area contributed by atoms with Crippen LogP contribution in [0, 0.1) is 0 Å². The Balaban J connectivity index is 1.84. The highest BCUT2D eigenvalue weighted by molar-refractivity contribution is 7.11. The lowest BCUT2D eigenvalue weighted by molar-refractivity contribution is -0.130. The predicted molar refractivity (Wildman–Crippen MR) is 104 cm³/mol. The molecule has 4 nitrogen and oxygen atoms in total. The van der Waals surface area contributed by atoms with Gasteiger partial charge in [-0.25, -0.2) is 4.79 Å². The third-order valence-corrected chi connectivity index (χ3v) is 4.66. The summed E-state index contributed by atoms with van der Waals surface area (Å²) in [6.07, 6.45) is 1.64. The van der Waals surface area contributed by atoms with Crippen molar-refractivity contribution < 1.29 is 19.4 Å². The molecule has 1 N–H and O–H groups in total. The van der Waals surface area contributed by atoms with Crippen LogP contribution in [0.25, 0.3) is 11.6 Å². The molecule has 0 aliphatic carbocycles. The van der Waals surface area contributed by atoms with Crippen molar-refractivity contribution in [2.24, 2.45) is 0 Å². The summed E-state index contributed by atoms with van der Waals surface area (Å²) in [4.78, 5) is 12.3. The molecule has 3 rings (SSSR count). The van der Waals surface area contributed by atoms with Crippen LogP contribution >= 0.6 is 11.3 Å². The van der Waals surface area contributed by atoms with Crippen molar-refractivity contribution in [2.75, 3.05) is 7.11 Å². The second-order valence-corrected chi connectivity index (χ2v) is 6.47. The van der Waals surface area contributed by atoms with Gasteiger partial charge in [0, 0.05) is 4.88 Å². The van der Waals surface area contributed by atoms with Gasteiger partial charge in [0.15, 0.2) is 11.5 Å². The van der Waals surface area contributed by atoms with Gasteiger partial charge < -0.3 is 14.6 Å². The van der Waals surface area contributed by atoms with E-state index in [1.165, 1.54) is 11.3 Å². The molecule has 0 radical (unpaired) electrons. The van der Waals surface area contributed by atoms with Gasteiger partial charge in [-0.1, -0.05) is 42.5 Å². The largest absolute Gasteiger partial charge is 0.493 e. The van der Waals surface area contributed by atoms with Crippen LogP contribution in [-0.2, 0) is 11.4 Å². The Labute approximate surface area is 156 Å².